The van der Waals surface area contributed by atoms with E-state index in [1.54, 1.807) is 0 Å². The molecule has 0 saturated heterocycles. The standard InChI is InChI=1S/C58H47BN2O/c1-34-29-41(39-33-53-40(38-17-8-13-24-52(38)62-53)32-49(39)60-35-25-26-44-47(31-35)57(4,5)28-27-56(44,2)3)54-51(30-34)61-50-23-12-11-20-45(50)58(46-21-14-22-48(59-54)55(46)61)42-18-9-6-15-36(42)37-16-7-10-19-43(37)58/h6-26,29-33,59-60H,27-28H2,1-5H3. The summed E-state index contributed by atoms with van der Waals surface area (Å²) in [5.74, 6) is 0. The SMILES string of the molecule is Cc1cc(-c2cc3oc4ccccc4c3cc2Nc2ccc3c(c2)C(C)(C)CCC3(C)C)c2c(c1)N1c3ccccc3C3(c4ccccc4-c4ccccc43)c3cccc(c31)B2. The predicted octanol–water partition coefficient (Wildman–Crippen LogP) is 13.5. The third-order valence-electron chi connectivity index (χ3n) is 15.2. The molecule has 4 aliphatic rings. The van der Waals surface area contributed by atoms with E-state index in [1.807, 2.05) is 0 Å². The van der Waals surface area contributed by atoms with E-state index < -0.39 is 5.41 Å². The van der Waals surface area contributed by atoms with Crippen LogP contribution in [-0.2, 0) is 16.2 Å². The van der Waals surface area contributed by atoms with Crippen LogP contribution in [0.1, 0.15) is 79.5 Å². The van der Waals surface area contributed by atoms with Gasteiger partial charge in [-0.2, -0.15) is 0 Å². The molecule has 4 heteroatoms. The fourth-order valence-corrected chi connectivity index (χ4v) is 12.2. The van der Waals surface area contributed by atoms with Gasteiger partial charge in [0.1, 0.15) is 11.2 Å². The Kier molecular flexibility index (Phi) is 7.20. The molecule has 2 aliphatic heterocycles. The van der Waals surface area contributed by atoms with Crippen LogP contribution in [0.3, 0.4) is 0 Å². The van der Waals surface area contributed by atoms with E-state index in [0.717, 1.165) is 46.2 Å². The van der Waals surface area contributed by atoms with Gasteiger partial charge in [-0.3, -0.25) is 0 Å². The van der Waals surface area contributed by atoms with Crippen molar-refractivity contribution >= 4 is 68.6 Å². The van der Waals surface area contributed by atoms with Gasteiger partial charge in [0.2, 0.25) is 0 Å². The lowest BCUT2D eigenvalue weighted by Crippen LogP contribution is -2.47. The van der Waals surface area contributed by atoms with Crippen molar-refractivity contribution in [2.45, 2.75) is 63.7 Å². The Labute approximate surface area is 364 Å². The van der Waals surface area contributed by atoms with Crippen molar-refractivity contribution in [2.75, 3.05) is 10.2 Å². The highest BCUT2D eigenvalue weighted by Gasteiger charge is 2.53. The topological polar surface area (TPSA) is 28.4 Å². The second-order valence-electron chi connectivity index (χ2n) is 19.6. The second-order valence-corrected chi connectivity index (χ2v) is 19.6. The molecular weight excluding hydrogens is 751 g/mol. The van der Waals surface area contributed by atoms with E-state index in [4.69, 9.17) is 4.42 Å². The van der Waals surface area contributed by atoms with Crippen molar-refractivity contribution in [3.05, 3.63) is 197 Å². The van der Waals surface area contributed by atoms with E-state index in [0.29, 0.717) is 0 Å². The van der Waals surface area contributed by atoms with Crippen LogP contribution in [0.25, 0.3) is 44.2 Å². The fourth-order valence-electron chi connectivity index (χ4n) is 12.2. The monoisotopic (exact) mass is 798 g/mol. The number of rotatable bonds is 3. The van der Waals surface area contributed by atoms with Crippen LogP contribution in [0.2, 0.25) is 0 Å². The smallest absolute Gasteiger partial charge is 0.198 e. The van der Waals surface area contributed by atoms with Crippen molar-refractivity contribution in [1.82, 2.24) is 0 Å². The first-order valence-corrected chi connectivity index (χ1v) is 22.3. The number of nitrogens with zero attached hydrogens (tertiary/aromatic N) is 1. The van der Waals surface area contributed by atoms with Gasteiger partial charge in [0, 0.05) is 39.1 Å². The molecule has 0 unspecified atom stereocenters. The Bertz CT molecular complexity index is 3360. The fraction of sp³-hybridized carbons (Fsp3) is 0.172. The Morgan fingerprint density at radius 3 is 1.98 bits per heavy atom. The molecule has 13 rings (SSSR count). The lowest BCUT2D eigenvalue weighted by atomic mass is 9.54. The van der Waals surface area contributed by atoms with Crippen LogP contribution in [0.5, 0.6) is 0 Å². The summed E-state index contributed by atoms with van der Waals surface area (Å²) in [4.78, 5) is 2.60. The van der Waals surface area contributed by atoms with Crippen molar-refractivity contribution in [2.24, 2.45) is 0 Å². The lowest BCUT2D eigenvalue weighted by Gasteiger charge is -2.48. The Morgan fingerprint density at radius 1 is 0.516 bits per heavy atom. The zero-order valence-electron chi connectivity index (χ0n) is 36.0. The summed E-state index contributed by atoms with van der Waals surface area (Å²) < 4.78 is 6.66. The number of para-hydroxylation sites is 3. The number of hydrogen-bond donors (Lipinski definition) is 1. The first-order valence-electron chi connectivity index (χ1n) is 22.3. The minimum absolute atomic E-state index is 0.101. The zero-order valence-corrected chi connectivity index (χ0v) is 36.0. The van der Waals surface area contributed by atoms with Crippen molar-refractivity contribution < 1.29 is 4.42 Å². The molecular formula is C58H47BN2O. The summed E-state index contributed by atoms with van der Waals surface area (Å²) in [5.41, 5.74) is 24.9. The molecule has 0 bridgehead atoms. The van der Waals surface area contributed by atoms with Crippen LogP contribution >= 0.6 is 0 Å². The van der Waals surface area contributed by atoms with E-state index in [1.165, 1.54) is 96.5 Å². The minimum atomic E-state index is -0.433. The first-order chi connectivity index (χ1) is 30.1. The highest BCUT2D eigenvalue weighted by molar-refractivity contribution is 6.73. The quantitative estimate of drug-likeness (QED) is 0.181. The van der Waals surface area contributed by atoms with Crippen LogP contribution in [0.4, 0.5) is 28.4 Å². The molecule has 3 heterocycles. The molecule has 0 radical (unpaired) electrons. The molecule has 8 aromatic carbocycles. The van der Waals surface area contributed by atoms with Gasteiger partial charge >= 0.3 is 0 Å². The molecule has 2 aliphatic carbocycles. The number of nitrogens with one attached hydrogen (secondary N) is 1. The maximum Gasteiger partial charge on any atom is 0.198 e. The summed E-state index contributed by atoms with van der Waals surface area (Å²) >= 11 is 0. The first kappa shape index (κ1) is 35.9. The summed E-state index contributed by atoms with van der Waals surface area (Å²) in [6.07, 6.45) is 2.37. The number of aryl methyl sites for hydroxylation is 1. The normalized spacial score (nSPS) is 16.5. The molecule has 298 valence electrons. The van der Waals surface area contributed by atoms with Crippen LogP contribution in [0, 0.1) is 6.92 Å². The molecule has 9 aromatic rings. The number of fused-ring (bicyclic) bond motifs is 15. The molecule has 1 spiro atoms. The van der Waals surface area contributed by atoms with Gasteiger partial charge in [-0.05, 0) is 134 Å². The maximum absolute atomic E-state index is 6.66. The Hall–Kier alpha value is -6.78. The third-order valence-corrected chi connectivity index (χ3v) is 15.2. The van der Waals surface area contributed by atoms with Gasteiger partial charge in [-0.25, -0.2) is 0 Å². The summed E-state index contributed by atoms with van der Waals surface area (Å²) in [6, 6.07) is 59.5. The largest absolute Gasteiger partial charge is 0.456 e. The van der Waals surface area contributed by atoms with Gasteiger partial charge in [0.25, 0.3) is 0 Å². The summed E-state index contributed by atoms with van der Waals surface area (Å²) in [5, 5.41) is 6.29. The van der Waals surface area contributed by atoms with Gasteiger partial charge in [-0.15, -0.1) is 0 Å². The zero-order chi connectivity index (χ0) is 41.7. The lowest BCUT2D eigenvalue weighted by molar-refractivity contribution is 0.332. The summed E-state index contributed by atoms with van der Waals surface area (Å²) in [6.45, 7) is 11.9. The summed E-state index contributed by atoms with van der Waals surface area (Å²) in [7, 11) is 0.811. The van der Waals surface area contributed by atoms with Crippen LogP contribution in [0.15, 0.2) is 162 Å². The van der Waals surface area contributed by atoms with Gasteiger partial charge < -0.3 is 14.6 Å². The van der Waals surface area contributed by atoms with Crippen molar-refractivity contribution in [3.8, 4) is 22.3 Å². The average Bonchev–Trinajstić information content (AvgIpc) is 3.79. The molecule has 0 fully saturated rings. The van der Waals surface area contributed by atoms with Gasteiger partial charge in [-0.1, -0.05) is 148 Å². The molecule has 1 aromatic heterocycles. The maximum atomic E-state index is 6.66. The molecule has 0 saturated carbocycles. The Morgan fingerprint density at radius 2 is 1.19 bits per heavy atom. The number of benzene rings is 8. The van der Waals surface area contributed by atoms with Crippen LogP contribution in [-0.4, -0.2) is 7.28 Å². The minimum Gasteiger partial charge on any atom is -0.456 e. The van der Waals surface area contributed by atoms with Gasteiger partial charge in [0.15, 0.2) is 7.28 Å². The number of anilines is 5. The van der Waals surface area contributed by atoms with Crippen LogP contribution < -0.4 is 21.1 Å². The van der Waals surface area contributed by atoms with Gasteiger partial charge in [0.05, 0.1) is 11.1 Å². The molecule has 0 atom stereocenters. The van der Waals surface area contributed by atoms with E-state index in [-0.39, 0.29) is 10.8 Å². The Balaban J connectivity index is 1.05. The van der Waals surface area contributed by atoms with Crippen molar-refractivity contribution in [1.29, 1.82) is 0 Å². The van der Waals surface area contributed by atoms with E-state index in [2.05, 4.69) is 203 Å². The highest BCUT2D eigenvalue weighted by Crippen LogP contribution is 2.63. The van der Waals surface area contributed by atoms with Crippen molar-refractivity contribution in [3.63, 3.8) is 0 Å². The molecule has 0 amide bonds. The van der Waals surface area contributed by atoms with E-state index >= 15 is 0 Å². The number of furan rings is 1. The molecule has 1 N–H and O–H groups in total. The average molecular weight is 799 g/mol. The third kappa shape index (κ3) is 4.73. The predicted molar refractivity (Wildman–Crippen MR) is 261 cm³/mol. The second kappa shape index (κ2) is 12.4. The number of hydrogen-bond acceptors (Lipinski definition) is 3. The molecule has 3 nitrogen and oxygen atoms in total. The molecule has 62 heavy (non-hydrogen) atoms. The van der Waals surface area contributed by atoms with E-state index in [9.17, 15) is 0 Å². The highest BCUT2D eigenvalue weighted by atomic mass is 16.3.